The van der Waals surface area contributed by atoms with E-state index in [1.807, 2.05) is 11.8 Å². The molecule has 1 heterocycles. The molecule has 0 spiro atoms. The molecule has 1 aromatic heterocycles. The van der Waals surface area contributed by atoms with Gasteiger partial charge in [-0.3, -0.25) is 0 Å². The lowest BCUT2D eigenvalue weighted by Gasteiger charge is -2.26. The summed E-state index contributed by atoms with van der Waals surface area (Å²) in [6.07, 6.45) is 4.42. The maximum absolute atomic E-state index is 5.87. The first-order valence-electron chi connectivity index (χ1n) is 7.00. The normalized spacial score (nSPS) is 14.4. The molecule has 0 aromatic carbocycles. The molecule has 0 fully saturated rings. The molecule has 0 aliphatic heterocycles. The summed E-state index contributed by atoms with van der Waals surface area (Å²) >= 11 is 3.66. The number of rotatable bonds is 8. The van der Waals surface area contributed by atoms with Crippen molar-refractivity contribution in [2.75, 3.05) is 24.0 Å². The van der Waals surface area contributed by atoms with Crippen LogP contribution in [0.25, 0.3) is 0 Å². The SMILES string of the molecule is CCC(C)c1nc(N(C)C(CC)CSC)sc1CN. The minimum atomic E-state index is 0.498. The van der Waals surface area contributed by atoms with Gasteiger partial charge in [0.25, 0.3) is 0 Å². The van der Waals surface area contributed by atoms with Gasteiger partial charge in [-0.2, -0.15) is 11.8 Å². The number of thiazole rings is 1. The Kier molecular flexibility index (Phi) is 7.18. The Morgan fingerprint density at radius 3 is 2.53 bits per heavy atom. The smallest absolute Gasteiger partial charge is 0.185 e. The van der Waals surface area contributed by atoms with Crippen LogP contribution in [0, 0.1) is 0 Å². The number of hydrogen-bond acceptors (Lipinski definition) is 5. The Bertz CT molecular complexity index is 379. The van der Waals surface area contributed by atoms with E-state index >= 15 is 0 Å². The second kappa shape index (κ2) is 8.12. The average molecular weight is 302 g/mol. The van der Waals surface area contributed by atoms with E-state index in [4.69, 9.17) is 10.7 Å². The lowest BCUT2D eigenvalue weighted by Crippen LogP contribution is -2.33. The third-order valence-electron chi connectivity index (χ3n) is 3.66. The zero-order valence-electron chi connectivity index (χ0n) is 12.8. The van der Waals surface area contributed by atoms with Crippen LogP contribution in [0.1, 0.15) is 50.1 Å². The number of nitrogens with zero attached hydrogens (tertiary/aromatic N) is 2. The first kappa shape index (κ1) is 16.8. The van der Waals surface area contributed by atoms with Crippen LogP contribution in [0.5, 0.6) is 0 Å². The van der Waals surface area contributed by atoms with Gasteiger partial charge in [-0.15, -0.1) is 11.3 Å². The molecule has 0 saturated carbocycles. The summed E-state index contributed by atoms with van der Waals surface area (Å²) in [5, 5.41) is 1.12. The highest BCUT2D eigenvalue weighted by Gasteiger charge is 2.20. The second-order valence-electron chi connectivity index (χ2n) is 4.95. The van der Waals surface area contributed by atoms with Gasteiger partial charge in [0.2, 0.25) is 0 Å². The van der Waals surface area contributed by atoms with Gasteiger partial charge in [-0.05, 0) is 25.0 Å². The number of nitrogens with two attached hydrogens (primary N) is 1. The molecular weight excluding hydrogens is 274 g/mol. The fourth-order valence-corrected chi connectivity index (χ4v) is 4.01. The Hall–Kier alpha value is -0.260. The van der Waals surface area contributed by atoms with Gasteiger partial charge in [-0.1, -0.05) is 20.8 Å². The van der Waals surface area contributed by atoms with Gasteiger partial charge in [0.05, 0.1) is 5.69 Å². The quantitative estimate of drug-likeness (QED) is 0.795. The molecule has 0 amide bonds. The molecule has 2 N–H and O–H groups in total. The van der Waals surface area contributed by atoms with E-state index in [1.165, 1.54) is 10.6 Å². The van der Waals surface area contributed by atoms with Crippen molar-refractivity contribution in [2.24, 2.45) is 5.73 Å². The van der Waals surface area contributed by atoms with E-state index in [2.05, 4.69) is 39.0 Å². The van der Waals surface area contributed by atoms with Crippen molar-refractivity contribution in [3.63, 3.8) is 0 Å². The van der Waals surface area contributed by atoms with Gasteiger partial charge in [-0.25, -0.2) is 4.98 Å². The topological polar surface area (TPSA) is 42.2 Å². The largest absolute Gasteiger partial charge is 0.347 e. The van der Waals surface area contributed by atoms with Gasteiger partial charge < -0.3 is 10.6 Å². The molecule has 3 nitrogen and oxygen atoms in total. The van der Waals surface area contributed by atoms with Crippen LogP contribution < -0.4 is 10.6 Å². The van der Waals surface area contributed by atoms with Gasteiger partial charge in [0.15, 0.2) is 5.13 Å². The van der Waals surface area contributed by atoms with E-state index < -0.39 is 0 Å². The van der Waals surface area contributed by atoms with E-state index in [9.17, 15) is 0 Å². The molecule has 0 saturated heterocycles. The number of thioether (sulfide) groups is 1. The lowest BCUT2D eigenvalue weighted by molar-refractivity contribution is 0.663. The molecule has 0 aliphatic rings. The molecule has 0 radical (unpaired) electrons. The Morgan fingerprint density at radius 2 is 2.05 bits per heavy atom. The van der Waals surface area contributed by atoms with Crippen molar-refractivity contribution in [1.29, 1.82) is 0 Å². The lowest BCUT2D eigenvalue weighted by atomic mass is 10.0. The molecule has 1 aromatic rings. The highest BCUT2D eigenvalue weighted by atomic mass is 32.2. The first-order chi connectivity index (χ1) is 9.08. The summed E-state index contributed by atoms with van der Waals surface area (Å²) < 4.78 is 0. The minimum Gasteiger partial charge on any atom is -0.347 e. The zero-order chi connectivity index (χ0) is 14.4. The minimum absolute atomic E-state index is 0.498. The molecule has 2 unspecified atom stereocenters. The molecule has 2 atom stereocenters. The molecule has 1 rings (SSSR count). The summed E-state index contributed by atoms with van der Waals surface area (Å²) in [5.74, 6) is 1.64. The monoisotopic (exact) mass is 301 g/mol. The van der Waals surface area contributed by atoms with E-state index in [0.717, 1.165) is 23.7 Å². The Labute approximate surface area is 126 Å². The molecule has 110 valence electrons. The maximum Gasteiger partial charge on any atom is 0.185 e. The molecular formula is C14H27N3S2. The average Bonchev–Trinajstić information content (AvgIpc) is 2.87. The van der Waals surface area contributed by atoms with Crippen molar-refractivity contribution in [1.82, 2.24) is 4.98 Å². The van der Waals surface area contributed by atoms with Crippen molar-refractivity contribution < 1.29 is 0 Å². The molecule has 0 bridgehead atoms. The summed E-state index contributed by atoms with van der Waals surface area (Å²) in [5.41, 5.74) is 7.08. The third-order valence-corrected chi connectivity index (χ3v) is 5.56. The zero-order valence-corrected chi connectivity index (χ0v) is 14.4. The van der Waals surface area contributed by atoms with Crippen LogP contribution in [0.15, 0.2) is 0 Å². The highest BCUT2D eigenvalue weighted by molar-refractivity contribution is 7.98. The predicted octanol–water partition coefficient (Wildman–Crippen LogP) is 3.69. The Balaban J connectivity index is 2.97. The van der Waals surface area contributed by atoms with Crippen molar-refractivity contribution in [2.45, 2.75) is 52.1 Å². The van der Waals surface area contributed by atoms with E-state index in [-0.39, 0.29) is 0 Å². The second-order valence-corrected chi connectivity index (χ2v) is 6.92. The first-order valence-corrected chi connectivity index (χ1v) is 9.21. The molecule has 0 aliphatic carbocycles. The summed E-state index contributed by atoms with van der Waals surface area (Å²) in [6, 6.07) is 0.552. The van der Waals surface area contributed by atoms with E-state index in [1.54, 1.807) is 11.3 Å². The van der Waals surface area contributed by atoms with E-state index in [0.29, 0.717) is 18.5 Å². The number of hydrogen-bond donors (Lipinski definition) is 1. The van der Waals surface area contributed by atoms with Crippen LogP contribution in [0.2, 0.25) is 0 Å². The highest BCUT2D eigenvalue weighted by Crippen LogP contribution is 2.32. The van der Waals surface area contributed by atoms with Crippen molar-refractivity contribution in [3.05, 3.63) is 10.6 Å². The summed E-state index contributed by atoms with van der Waals surface area (Å²) in [7, 11) is 2.16. The third kappa shape index (κ3) is 4.10. The van der Waals surface area contributed by atoms with Gasteiger partial charge >= 0.3 is 0 Å². The molecule has 19 heavy (non-hydrogen) atoms. The fraction of sp³-hybridized carbons (Fsp3) is 0.786. The van der Waals surface area contributed by atoms with Gasteiger partial charge in [0, 0.05) is 30.3 Å². The van der Waals surface area contributed by atoms with Gasteiger partial charge in [0.1, 0.15) is 0 Å². The van der Waals surface area contributed by atoms with Crippen LogP contribution in [0.3, 0.4) is 0 Å². The predicted molar refractivity (Wildman–Crippen MR) is 89.6 cm³/mol. The summed E-state index contributed by atoms with van der Waals surface area (Å²) in [4.78, 5) is 8.43. The molecule has 5 heteroatoms. The number of aromatic nitrogens is 1. The van der Waals surface area contributed by atoms with Crippen LogP contribution in [-0.4, -0.2) is 30.1 Å². The van der Waals surface area contributed by atoms with Crippen LogP contribution in [0.4, 0.5) is 5.13 Å². The van der Waals surface area contributed by atoms with Crippen LogP contribution in [-0.2, 0) is 6.54 Å². The van der Waals surface area contributed by atoms with Crippen LogP contribution >= 0.6 is 23.1 Å². The standard InChI is InChI=1S/C14H27N3S2/c1-6-10(3)13-12(8-15)19-14(16-13)17(4)11(7-2)9-18-5/h10-11H,6-9,15H2,1-5H3. The number of anilines is 1. The maximum atomic E-state index is 5.87. The van der Waals surface area contributed by atoms with Crippen molar-refractivity contribution >= 4 is 28.2 Å². The van der Waals surface area contributed by atoms with Crippen molar-refractivity contribution in [3.8, 4) is 0 Å². The summed E-state index contributed by atoms with van der Waals surface area (Å²) in [6.45, 7) is 7.28. The fourth-order valence-electron chi connectivity index (χ4n) is 2.08. The Morgan fingerprint density at radius 1 is 1.37 bits per heavy atom.